The van der Waals surface area contributed by atoms with E-state index in [4.69, 9.17) is 4.74 Å². The molecule has 1 aromatic rings. The van der Waals surface area contributed by atoms with Crippen LogP contribution >= 0.6 is 31.9 Å². The summed E-state index contributed by atoms with van der Waals surface area (Å²) < 4.78 is 7.35. The first-order chi connectivity index (χ1) is 14.1. The largest absolute Gasteiger partial charge is 0.461 e. The summed E-state index contributed by atoms with van der Waals surface area (Å²) in [5.41, 5.74) is 1.00. The van der Waals surface area contributed by atoms with Crippen molar-refractivity contribution in [2.45, 2.75) is 116 Å². The van der Waals surface area contributed by atoms with Gasteiger partial charge >= 0.3 is 5.97 Å². The van der Waals surface area contributed by atoms with E-state index in [9.17, 15) is 4.79 Å². The Kier molecular flexibility index (Phi) is 17.0. The first-order valence-electron chi connectivity index (χ1n) is 11.7. The zero-order chi connectivity index (χ0) is 21.2. The third-order valence-electron chi connectivity index (χ3n) is 5.37. The highest BCUT2D eigenvalue weighted by Crippen LogP contribution is 2.24. The molecule has 0 saturated carbocycles. The van der Waals surface area contributed by atoms with Crippen molar-refractivity contribution in [3.05, 3.63) is 32.7 Å². The summed E-state index contributed by atoms with van der Waals surface area (Å²) in [5.74, 6) is -0.0845. The van der Waals surface area contributed by atoms with Crippen LogP contribution < -0.4 is 0 Å². The van der Waals surface area contributed by atoms with Gasteiger partial charge < -0.3 is 4.74 Å². The Balaban J connectivity index is 1.84. The Bertz CT molecular complexity index is 546. The van der Waals surface area contributed by atoms with E-state index < -0.39 is 0 Å². The van der Waals surface area contributed by atoms with Gasteiger partial charge in [-0.05, 0) is 56.0 Å². The van der Waals surface area contributed by atoms with Crippen LogP contribution in [0.1, 0.15) is 115 Å². The lowest BCUT2D eigenvalue weighted by atomic mass is 10.0. The summed E-state index contributed by atoms with van der Waals surface area (Å²) in [6.45, 7) is 2.63. The quantitative estimate of drug-likeness (QED) is 0.139. The molecule has 0 N–H and O–H groups in total. The number of esters is 1. The van der Waals surface area contributed by atoms with Crippen LogP contribution in [0.2, 0.25) is 0 Å². The Morgan fingerprint density at radius 2 is 1.21 bits per heavy atom. The predicted octanol–water partition coefficient (Wildman–Crippen LogP) is 9.52. The first-order valence-corrected chi connectivity index (χ1v) is 13.3. The highest BCUT2D eigenvalue weighted by atomic mass is 79.9. The monoisotopic (exact) mass is 530 g/mol. The van der Waals surface area contributed by atoms with Gasteiger partial charge in [0.2, 0.25) is 0 Å². The van der Waals surface area contributed by atoms with Crippen LogP contribution in [-0.4, -0.2) is 5.97 Å². The van der Waals surface area contributed by atoms with Crippen LogP contribution in [0.4, 0.5) is 0 Å². The SMILES string of the molecule is CCCCCCCCCCCCCCCCCC(=O)OCc1ccc(Br)c(Br)c1. The molecule has 166 valence electrons. The lowest BCUT2D eigenvalue weighted by Crippen LogP contribution is -2.04. The van der Waals surface area contributed by atoms with Crippen molar-refractivity contribution in [3.8, 4) is 0 Å². The highest BCUT2D eigenvalue weighted by Gasteiger charge is 2.05. The van der Waals surface area contributed by atoms with Gasteiger partial charge in [-0.25, -0.2) is 0 Å². The molecule has 0 atom stereocenters. The molecule has 0 fully saturated rings. The Hall–Kier alpha value is -0.350. The summed E-state index contributed by atoms with van der Waals surface area (Å²) >= 11 is 6.91. The van der Waals surface area contributed by atoms with E-state index in [1.165, 1.54) is 83.5 Å². The van der Waals surface area contributed by atoms with Gasteiger partial charge in [0.15, 0.2) is 0 Å². The summed E-state index contributed by atoms with van der Waals surface area (Å²) in [7, 11) is 0. The van der Waals surface area contributed by atoms with Crippen molar-refractivity contribution in [1.29, 1.82) is 0 Å². The van der Waals surface area contributed by atoms with E-state index in [2.05, 4.69) is 38.8 Å². The summed E-state index contributed by atoms with van der Waals surface area (Å²) in [5, 5.41) is 0. The van der Waals surface area contributed by atoms with Crippen LogP contribution in [0.15, 0.2) is 27.1 Å². The third-order valence-corrected chi connectivity index (χ3v) is 7.25. The molecule has 0 unspecified atom stereocenters. The lowest BCUT2D eigenvalue weighted by molar-refractivity contribution is -0.145. The average Bonchev–Trinajstić information content (AvgIpc) is 2.71. The maximum Gasteiger partial charge on any atom is 0.306 e. The number of carbonyl (C=O) groups is 1. The fourth-order valence-corrected chi connectivity index (χ4v) is 4.18. The number of unbranched alkanes of at least 4 members (excludes halogenated alkanes) is 14. The van der Waals surface area contributed by atoms with Gasteiger partial charge in [-0.2, -0.15) is 0 Å². The van der Waals surface area contributed by atoms with E-state index in [-0.39, 0.29) is 5.97 Å². The zero-order valence-electron chi connectivity index (χ0n) is 18.3. The molecule has 1 aromatic carbocycles. The fraction of sp³-hybridized carbons (Fsp3) is 0.720. The van der Waals surface area contributed by atoms with Crippen LogP contribution in [0.25, 0.3) is 0 Å². The van der Waals surface area contributed by atoms with Gasteiger partial charge in [-0.1, -0.05) is 103 Å². The fourth-order valence-electron chi connectivity index (χ4n) is 3.51. The van der Waals surface area contributed by atoms with Crippen LogP contribution in [-0.2, 0) is 16.1 Å². The van der Waals surface area contributed by atoms with Gasteiger partial charge in [-0.3, -0.25) is 4.79 Å². The van der Waals surface area contributed by atoms with Crippen LogP contribution in [0.5, 0.6) is 0 Å². The molecule has 0 aromatic heterocycles. The van der Waals surface area contributed by atoms with Crippen molar-refractivity contribution in [1.82, 2.24) is 0 Å². The minimum absolute atomic E-state index is 0.0845. The normalized spacial score (nSPS) is 11.0. The summed E-state index contributed by atoms with van der Waals surface area (Å²) in [4.78, 5) is 11.9. The van der Waals surface area contributed by atoms with Crippen LogP contribution in [0, 0.1) is 0 Å². The number of hydrogen-bond donors (Lipinski definition) is 0. The molecule has 0 saturated heterocycles. The maximum atomic E-state index is 11.9. The molecule has 0 aliphatic carbocycles. The summed E-state index contributed by atoms with van der Waals surface area (Å²) in [6, 6.07) is 5.91. The van der Waals surface area contributed by atoms with Gasteiger partial charge in [-0.15, -0.1) is 0 Å². The number of ether oxygens (including phenoxy) is 1. The Morgan fingerprint density at radius 1 is 0.724 bits per heavy atom. The molecule has 0 amide bonds. The van der Waals surface area contributed by atoms with E-state index >= 15 is 0 Å². The summed E-state index contributed by atoms with van der Waals surface area (Å²) in [6.07, 6.45) is 20.6. The van der Waals surface area contributed by atoms with Gasteiger partial charge in [0.25, 0.3) is 0 Å². The molecule has 0 aliphatic rings. The molecule has 2 nitrogen and oxygen atoms in total. The van der Waals surface area contributed by atoms with E-state index in [1.54, 1.807) is 0 Å². The topological polar surface area (TPSA) is 26.3 Å². The molecule has 0 heterocycles. The van der Waals surface area contributed by atoms with Crippen molar-refractivity contribution in [2.24, 2.45) is 0 Å². The minimum Gasteiger partial charge on any atom is -0.461 e. The number of carbonyl (C=O) groups excluding carboxylic acids is 1. The molecule has 0 radical (unpaired) electrons. The number of rotatable bonds is 18. The van der Waals surface area contributed by atoms with E-state index in [0.29, 0.717) is 13.0 Å². The van der Waals surface area contributed by atoms with Crippen molar-refractivity contribution in [2.75, 3.05) is 0 Å². The number of benzene rings is 1. The molecule has 0 spiro atoms. The minimum atomic E-state index is -0.0845. The molecular weight excluding hydrogens is 492 g/mol. The van der Waals surface area contributed by atoms with Gasteiger partial charge in [0.1, 0.15) is 6.61 Å². The molecule has 4 heteroatoms. The standard InChI is InChI=1S/C25H40Br2O2/c1-2-3-4-5-6-7-8-9-10-11-12-13-14-15-16-17-25(28)29-21-22-18-19-23(26)24(27)20-22/h18-20H,2-17,21H2,1H3. The number of halogens is 2. The molecule has 29 heavy (non-hydrogen) atoms. The predicted molar refractivity (Wildman–Crippen MR) is 131 cm³/mol. The first kappa shape index (κ1) is 26.7. The Labute approximate surface area is 195 Å². The second-order valence-electron chi connectivity index (χ2n) is 8.11. The van der Waals surface area contributed by atoms with E-state index in [0.717, 1.165) is 27.4 Å². The van der Waals surface area contributed by atoms with E-state index in [1.807, 2.05) is 18.2 Å². The third kappa shape index (κ3) is 15.2. The lowest BCUT2D eigenvalue weighted by Gasteiger charge is -2.06. The van der Waals surface area contributed by atoms with Gasteiger partial charge in [0.05, 0.1) is 0 Å². The van der Waals surface area contributed by atoms with Gasteiger partial charge in [0, 0.05) is 15.4 Å². The average molecular weight is 532 g/mol. The second-order valence-corrected chi connectivity index (χ2v) is 9.82. The zero-order valence-corrected chi connectivity index (χ0v) is 21.5. The molecule has 1 rings (SSSR count). The molecule has 0 aliphatic heterocycles. The Morgan fingerprint density at radius 3 is 1.69 bits per heavy atom. The van der Waals surface area contributed by atoms with Crippen molar-refractivity contribution in [3.63, 3.8) is 0 Å². The van der Waals surface area contributed by atoms with Crippen LogP contribution in [0.3, 0.4) is 0 Å². The molecular formula is C25H40Br2O2. The highest BCUT2D eigenvalue weighted by molar-refractivity contribution is 9.13. The van der Waals surface area contributed by atoms with Crippen molar-refractivity contribution >= 4 is 37.8 Å². The van der Waals surface area contributed by atoms with Crippen molar-refractivity contribution < 1.29 is 9.53 Å². The maximum absolute atomic E-state index is 11.9. The molecule has 0 bridgehead atoms. The second kappa shape index (κ2) is 18.4. The smallest absolute Gasteiger partial charge is 0.306 e. The number of hydrogen-bond acceptors (Lipinski definition) is 2.